The minimum absolute atomic E-state index is 0.507. The highest BCUT2D eigenvalue weighted by Gasteiger charge is 2.20. The van der Waals surface area contributed by atoms with Crippen LogP contribution in [-0.2, 0) is 0 Å². The second-order valence-corrected chi connectivity index (χ2v) is 4.38. The van der Waals surface area contributed by atoms with Gasteiger partial charge in [0.1, 0.15) is 17.6 Å². The molecule has 0 fully saturated rings. The predicted octanol–water partition coefficient (Wildman–Crippen LogP) is 3.14. The molecule has 1 N–H and O–H groups in total. The summed E-state index contributed by atoms with van der Waals surface area (Å²) in [6, 6.07) is 6.97. The van der Waals surface area contributed by atoms with Crippen LogP contribution in [0.1, 0.15) is 17.2 Å². The van der Waals surface area contributed by atoms with Gasteiger partial charge in [0.05, 0.1) is 20.5 Å². The van der Waals surface area contributed by atoms with Crippen molar-refractivity contribution >= 4 is 15.9 Å². The molecule has 0 amide bonds. The highest BCUT2D eigenvalue weighted by atomic mass is 79.9. The van der Waals surface area contributed by atoms with Gasteiger partial charge in [-0.1, -0.05) is 0 Å². The second-order valence-electron chi connectivity index (χ2n) is 3.66. The maximum absolute atomic E-state index is 10.3. The molecule has 0 aliphatic heterocycles. The summed E-state index contributed by atoms with van der Waals surface area (Å²) >= 11 is 3.25. The van der Waals surface area contributed by atoms with Crippen LogP contribution in [0.4, 0.5) is 0 Å². The van der Waals surface area contributed by atoms with E-state index in [1.165, 1.54) is 6.26 Å². The largest absolute Gasteiger partial charge is 0.497 e. The van der Waals surface area contributed by atoms with Crippen molar-refractivity contribution < 1.29 is 19.0 Å². The van der Waals surface area contributed by atoms with Crippen molar-refractivity contribution in [2.75, 3.05) is 14.2 Å². The molecule has 0 aliphatic carbocycles. The van der Waals surface area contributed by atoms with Gasteiger partial charge < -0.3 is 19.0 Å². The summed E-state index contributed by atoms with van der Waals surface area (Å²) in [5.41, 5.74) is 1.30. The van der Waals surface area contributed by atoms with E-state index in [0.717, 1.165) is 0 Å². The summed E-state index contributed by atoms with van der Waals surface area (Å²) in [5.74, 6) is 1.24. The lowest BCUT2D eigenvalue weighted by Crippen LogP contribution is -2.02. The van der Waals surface area contributed by atoms with Gasteiger partial charge in [-0.05, 0) is 34.1 Å². The Hall–Kier alpha value is -1.46. The molecule has 1 heterocycles. The molecule has 1 atom stereocenters. The fourth-order valence-corrected chi connectivity index (χ4v) is 2.17. The number of aliphatic hydroxyl groups excluding tert-OH is 1. The fourth-order valence-electron chi connectivity index (χ4n) is 1.71. The molecule has 96 valence electrons. The summed E-state index contributed by atoms with van der Waals surface area (Å²) in [7, 11) is 3.13. The topological polar surface area (TPSA) is 51.8 Å². The van der Waals surface area contributed by atoms with Crippen LogP contribution >= 0.6 is 15.9 Å². The maximum Gasteiger partial charge on any atom is 0.175 e. The summed E-state index contributed by atoms with van der Waals surface area (Å²) in [6.45, 7) is 0. The Labute approximate surface area is 113 Å². The van der Waals surface area contributed by atoms with Gasteiger partial charge in [-0.25, -0.2) is 0 Å². The second kappa shape index (κ2) is 5.46. The third kappa shape index (κ3) is 2.37. The van der Waals surface area contributed by atoms with Gasteiger partial charge >= 0.3 is 0 Å². The van der Waals surface area contributed by atoms with Crippen molar-refractivity contribution in [3.05, 3.63) is 46.3 Å². The first-order valence-electron chi connectivity index (χ1n) is 5.30. The number of methoxy groups -OCH3 is 2. The van der Waals surface area contributed by atoms with E-state index in [1.54, 1.807) is 38.5 Å². The minimum atomic E-state index is -0.820. The molecule has 18 heavy (non-hydrogen) atoms. The third-order valence-corrected chi connectivity index (χ3v) is 3.32. The number of hydrogen-bond acceptors (Lipinski definition) is 4. The molecule has 4 nitrogen and oxygen atoms in total. The van der Waals surface area contributed by atoms with Crippen LogP contribution in [0.3, 0.4) is 0 Å². The van der Waals surface area contributed by atoms with E-state index in [0.29, 0.717) is 27.3 Å². The number of hydrogen-bond donors (Lipinski definition) is 1. The maximum atomic E-state index is 10.3. The summed E-state index contributed by atoms with van der Waals surface area (Å²) in [5, 5.41) is 10.3. The van der Waals surface area contributed by atoms with E-state index in [-0.39, 0.29) is 0 Å². The molecule has 0 spiro atoms. The average Bonchev–Trinajstić information content (AvgIpc) is 2.83. The van der Waals surface area contributed by atoms with Crippen molar-refractivity contribution in [1.29, 1.82) is 0 Å². The Kier molecular flexibility index (Phi) is 3.93. The van der Waals surface area contributed by atoms with Crippen molar-refractivity contribution in [3.63, 3.8) is 0 Å². The monoisotopic (exact) mass is 312 g/mol. The molecule has 0 saturated carbocycles. The van der Waals surface area contributed by atoms with Crippen LogP contribution in [0.2, 0.25) is 0 Å². The summed E-state index contributed by atoms with van der Waals surface area (Å²) in [4.78, 5) is 0. The first-order chi connectivity index (χ1) is 8.67. The fraction of sp³-hybridized carbons (Fsp3) is 0.231. The van der Waals surface area contributed by atoms with Crippen LogP contribution in [-0.4, -0.2) is 19.3 Å². The number of furan rings is 1. The average molecular weight is 313 g/mol. The SMILES string of the molecule is COc1ccc(C(O)c2ccoc2Br)c(OC)c1. The molecule has 2 aromatic rings. The quantitative estimate of drug-likeness (QED) is 0.942. The molecule has 1 unspecified atom stereocenters. The van der Waals surface area contributed by atoms with Crippen molar-refractivity contribution in [3.8, 4) is 11.5 Å². The number of rotatable bonds is 4. The van der Waals surface area contributed by atoms with Crippen molar-refractivity contribution in [2.45, 2.75) is 6.10 Å². The standard InChI is InChI=1S/C13H13BrO4/c1-16-8-3-4-9(11(7-8)17-2)12(15)10-5-6-18-13(10)14/h3-7,12,15H,1-2H3. The third-order valence-electron chi connectivity index (χ3n) is 2.68. The molecule has 0 aliphatic rings. The van der Waals surface area contributed by atoms with E-state index in [4.69, 9.17) is 13.9 Å². The van der Waals surface area contributed by atoms with E-state index in [2.05, 4.69) is 15.9 Å². The van der Waals surface area contributed by atoms with Gasteiger partial charge in [0.25, 0.3) is 0 Å². The van der Waals surface area contributed by atoms with Crippen LogP contribution in [0, 0.1) is 0 Å². The van der Waals surface area contributed by atoms with E-state index in [1.807, 2.05) is 0 Å². The lowest BCUT2D eigenvalue weighted by atomic mass is 10.0. The summed E-state index contributed by atoms with van der Waals surface area (Å²) < 4.78 is 16.0. The smallest absolute Gasteiger partial charge is 0.175 e. The number of halogens is 1. The molecule has 1 aromatic heterocycles. The Bertz CT molecular complexity index is 536. The number of aliphatic hydroxyl groups is 1. The highest BCUT2D eigenvalue weighted by molar-refractivity contribution is 9.10. The van der Waals surface area contributed by atoms with Gasteiger partial charge in [0, 0.05) is 17.2 Å². The van der Waals surface area contributed by atoms with Gasteiger partial charge in [-0.15, -0.1) is 0 Å². The molecule has 0 bridgehead atoms. The van der Waals surface area contributed by atoms with Crippen LogP contribution in [0.25, 0.3) is 0 Å². The van der Waals surface area contributed by atoms with Gasteiger partial charge in [-0.3, -0.25) is 0 Å². The van der Waals surface area contributed by atoms with Crippen LogP contribution in [0.15, 0.2) is 39.6 Å². The molecule has 2 rings (SSSR count). The van der Waals surface area contributed by atoms with E-state index < -0.39 is 6.10 Å². The minimum Gasteiger partial charge on any atom is -0.497 e. The first-order valence-corrected chi connectivity index (χ1v) is 6.09. The van der Waals surface area contributed by atoms with Gasteiger partial charge in [0.15, 0.2) is 4.67 Å². The van der Waals surface area contributed by atoms with Crippen molar-refractivity contribution in [1.82, 2.24) is 0 Å². The molecule has 5 heteroatoms. The zero-order valence-corrected chi connectivity index (χ0v) is 11.6. The zero-order valence-electron chi connectivity index (χ0n) is 10.0. The van der Waals surface area contributed by atoms with E-state index in [9.17, 15) is 5.11 Å². The van der Waals surface area contributed by atoms with Crippen LogP contribution in [0.5, 0.6) is 11.5 Å². The Morgan fingerprint density at radius 3 is 2.50 bits per heavy atom. The lowest BCUT2D eigenvalue weighted by Gasteiger charge is -2.15. The lowest BCUT2D eigenvalue weighted by molar-refractivity contribution is 0.212. The Morgan fingerprint density at radius 1 is 1.17 bits per heavy atom. The predicted molar refractivity (Wildman–Crippen MR) is 70.0 cm³/mol. The van der Waals surface area contributed by atoms with Crippen molar-refractivity contribution in [2.24, 2.45) is 0 Å². The number of benzene rings is 1. The number of ether oxygens (including phenoxy) is 2. The summed E-state index contributed by atoms with van der Waals surface area (Å²) in [6.07, 6.45) is 0.692. The molecular weight excluding hydrogens is 300 g/mol. The molecule has 0 saturated heterocycles. The molecule has 0 radical (unpaired) electrons. The van der Waals surface area contributed by atoms with E-state index >= 15 is 0 Å². The Morgan fingerprint density at radius 2 is 1.94 bits per heavy atom. The van der Waals surface area contributed by atoms with Gasteiger partial charge in [0.2, 0.25) is 0 Å². The zero-order chi connectivity index (χ0) is 13.1. The molecular formula is C13H13BrO4. The first kappa shape index (κ1) is 13.0. The normalized spacial score (nSPS) is 12.2. The van der Waals surface area contributed by atoms with Gasteiger partial charge in [-0.2, -0.15) is 0 Å². The highest BCUT2D eigenvalue weighted by Crippen LogP contribution is 2.35. The Balaban J connectivity index is 2.41. The van der Waals surface area contributed by atoms with Crippen LogP contribution < -0.4 is 9.47 Å². The molecule has 1 aromatic carbocycles.